The van der Waals surface area contributed by atoms with Crippen molar-refractivity contribution in [3.8, 4) is 11.6 Å². The van der Waals surface area contributed by atoms with Crippen LogP contribution in [0.1, 0.15) is 18.3 Å². The van der Waals surface area contributed by atoms with E-state index in [1.54, 1.807) is 6.07 Å². The number of anilines is 1. The van der Waals surface area contributed by atoms with E-state index >= 15 is 0 Å². The van der Waals surface area contributed by atoms with Crippen molar-refractivity contribution < 1.29 is 4.74 Å². The van der Waals surface area contributed by atoms with Crippen LogP contribution < -0.4 is 10.5 Å². The summed E-state index contributed by atoms with van der Waals surface area (Å²) in [6, 6.07) is 9.41. The summed E-state index contributed by atoms with van der Waals surface area (Å²) in [6.07, 6.45) is 0.731. The summed E-state index contributed by atoms with van der Waals surface area (Å²) in [5.41, 5.74) is 6.75. The minimum Gasteiger partial charge on any atom is -0.439 e. The SMILES string of the molecule is CCc1nc(N)cc(Oc2ccccc2C)n1. The third-order valence-electron chi connectivity index (χ3n) is 2.39. The van der Waals surface area contributed by atoms with E-state index in [1.807, 2.05) is 38.1 Å². The summed E-state index contributed by atoms with van der Waals surface area (Å²) >= 11 is 0. The van der Waals surface area contributed by atoms with E-state index in [2.05, 4.69) is 9.97 Å². The van der Waals surface area contributed by atoms with Gasteiger partial charge in [-0.05, 0) is 18.6 Å². The van der Waals surface area contributed by atoms with Crippen LogP contribution >= 0.6 is 0 Å². The number of nitrogen functional groups attached to an aromatic ring is 1. The number of benzene rings is 1. The third-order valence-corrected chi connectivity index (χ3v) is 2.39. The second-order valence-corrected chi connectivity index (χ2v) is 3.77. The molecule has 0 spiro atoms. The first-order valence-corrected chi connectivity index (χ1v) is 5.56. The molecule has 0 aliphatic heterocycles. The van der Waals surface area contributed by atoms with Crippen LogP contribution in [0.5, 0.6) is 11.6 Å². The Bertz CT molecular complexity index is 526. The number of rotatable bonds is 3. The van der Waals surface area contributed by atoms with Gasteiger partial charge < -0.3 is 10.5 Å². The predicted molar refractivity (Wildman–Crippen MR) is 67.1 cm³/mol. The van der Waals surface area contributed by atoms with Gasteiger partial charge in [0.1, 0.15) is 17.4 Å². The summed E-state index contributed by atoms with van der Waals surface area (Å²) in [4.78, 5) is 8.38. The fourth-order valence-corrected chi connectivity index (χ4v) is 1.49. The second-order valence-electron chi connectivity index (χ2n) is 3.77. The van der Waals surface area contributed by atoms with Crippen LogP contribution in [0.4, 0.5) is 5.82 Å². The third kappa shape index (κ3) is 2.72. The number of aromatic nitrogens is 2. The first kappa shape index (κ1) is 11.4. The highest BCUT2D eigenvalue weighted by Gasteiger charge is 2.05. The van der Waals surface area contributed by atoms with Gasteiger partial charge in [0, 0.05) is 12.5 Å². The number of para-hydroxylation sites is 1. The lowest BCUT2D eigenvalue weighted by Crippen LogP contribution is -2.00. The Hall–Kier alpha value is -2.10. The molecule has 0 aliphatic rings. The summed E-state index contributed by atoms with van der Waals surface area (Å²) < 4.78 is 5.70. The maximum Gasteiger partial charge on any atom is 0.224 e. The van der Waals surface area contributed by atoms with Gasteiger partial charge in [-0.2, -0.15) is 4.98 Å². The predicted octanol–water partition coefficient (Wildman–Crippen LogP) is 2.72. The highest BCUT2D eigenvalue weighted by molar-refractivity contribution is 5.38. The lowest BCUT2D eigenvalue weighted by atomic mass is 10.2. The maximum atomic E-state index is 5.70. The molecular weight excluding hydrogens is 214 g/mol. The van der Waals surface area contributed by atoms with Crippen LogP contribution in [0.25, 0.3) is 0 Å². The number of aryl methyl sites for hydroxylation is 2. The summed E-state index contributed by atoms with van der Waals surface area (Å²) in [6.45, 7) is 3.97. The molecule has 0 unspecified atom stereocenters. The van der Waals surface area contributed by atoms with Gasteiger partial charge in [0.05, 0.1) is 0 Å². The Balaban J connectivity index is 2.30. The first-order chi connectivity index (χ1) is 8.19. The molecule has 2 N–H and O–H groups in total. The lowest BCUT2D eigenvalue weighted by Gasteiger charge is -2.08. The van der Waals surface area contributed by atoms with E-state index in [0.717, 1.165) is 17.7 Å². The normalized spacial score (nSPS) is 10.2. The number of hydrogen-bond donors (Lipinski definition) is 1. The molecule has 88 valence electrons. The average molecular weight is 229 g/mol. The zero-order valence-electron chi connectivity index (χ0n) is 9.97. The molecule has 0 saturated heterocycles. The zero-order chi connectivity index (χ0) is 12.3. The standard InChI is InChI=1S/C13H15N3O/c1-3-12-15-11(14)8-13(16-12)17-10-7-5-4-6-9(10)2/h4-8H,3H2,1-2H3,(H2,14,15,16). The van der Waals surface area contributed by atoms with Crippen LogP contribution in [0.15, 0.2) is 30.3 Å². The Kier molecular flexibility index (Phi) is 3.23. The average Bonchev–Trinajstić information content (AvgIpc) is 2.31. The number of ether oxygens (including phenoxy) is 1. The highest BCUT2D eigenvalue weighted by atomic mass is 16.5. The van der Waals surface area contributed by atoms with Gasteiger partial charge in [-0.3, -0.25) is 0 Å². The zero-order valence-corrected chi connectivity index (χ0v) is 9.97. The monoisotopic (exact) mass is 229 g/mol. The van der Waals surface area contributed by atoms with Gasteiger partial charge in [-0.15, -0.1) is 0 Å². The molecule has 0 atom stereocenters. The van der Waals surface area contributed by atoms with Gasteiger partial charge in [-0.1, -0.05) is 25.1 Å². The van der Waals surface area contributed by atoms with E-state index in [9.17, 15) is 0 Å². The summed E-state index contributed by atoms with van der Waals surface area (Å²) in [5.74, 6) is 2.39. The summed E-state index contributed by atoms with van der Waals surface area (Å²) in [5, 5.41) is 0. The van der Waals surface area contributed by atoms with Crippen molar-refractivity contribution in [3.63, 3.8) is 0 Å². The van der Waals surface area contributed by atoms with Gasteiger partial charge in [0.2, 0.25) is 5.88 Å². The van der Waals surface area contributed by atoms with Crippen molar-refractivity contribution in [1.82, 2.24) is 9.97 Å². The van der Waals surface area contributed by atoms with Crippen molar-refractivity contribution in [2.45, 2.75) is 20.3 Å². The fraction of sp³-hybridized carbons (Fsp3) is 0.231. The molecule has 1 aromatic carbocycles. The molecule has 0 saturated carbocycles. The number of hydrogen-bond acceptors (Lipinski definition) is 4. The van der Waals surface area contributed by atoms with Crippen LogP contribution in [0.2, 0.25) is 0 Å². The Morgan fingerprint density at radius 1 is 1.24 bits per heavy atom. The van der Waals surface area contributed by atoms with E-state index in [-0.39, 0.29) is 0 Å². The van der Waals surface area contributed by atoms with E-state index < -0.39 is 0 Å². The lowest BCUT2D eigenvalue weighted by molar-refractivity contribution is 0.456. The van der Waals surface area contributed by atoms with E-state index in [1.165, 1.54) is 0 Å². The van der Waals surface area contributed by atoms with Gasteiger partial charge in [0.15, 0.2) is 0 Å². The summed E-state index contributed by atoms with van der Waals surface area (Å²) in [7, 11) is 0. The Morgan fingerprint density at radius 2 is 2.00 bits per heavy atom. The Labute approximate surface area is 100 Å². The molecule has 1 heterocycles. The number of nitrogens with zero attached hydrogens (tertiary/aromatic N) is 2. The van der Waals surface area contributed by atoms with Crippen molar-refractivity contribution in [2.75, 3.05) is 5.73 Å². The fourth-order valence-electron chi connectivity index (χ4n) is 1.49. The molecule has 1 aromatic heterocycles. The van der Waals surface area contributed by atoms with Crippen LogP contribution in [-0.2, 0) is 6.42 Å². The molecule has 0 bridgehead atoms. The van der Waals surface area contributed by atoms with E-state index in [4.69, 9.17) is 10.5 Å². The molecule has 0 radical (unpaired) electrons. The van der Waals surface area contributed by atoms with Crippen LogP contribution in [-0.4, -0.2) is 9.97 Å². The smallest absolute Gasteiger partial charge is 0.224 e. The van der Waals surface area contributed by atoms with Gasteiger partial charge >= 0.3 is 0 Å². The van der Waals surface area contributed by atoms with Crippen molar-refractivity contribution in [1.29, 1.82) is 0 Å². The molecule has 0 fully saturated rings. The van der Waals surface area contributed by atoms with Crippen LogP contribution in [0, 0.1) is 6.92 Å². The van der Waals surface area contributed by atoms with Gasteiger partial charge in [0.25, 0.3) is 0 Å². The minimum atomic E-state index is 0.431. The van der Waals surface area contributed by atoms with E-state index in [0.29, 0.717) is 17.5 Å². The molecule has 4 heteroatoms. The molecule has 2 rings (SSSR count). The number of nitrogens with two attached hydrogens (primary N) is 1. The molecule has 17 heavy (non-hydrogen) atoms. The Morgan fingerprint density at radius 3 is 2.71 bits per heavy atom. The molecule has 0 amide bonds. The molecule has 2 aromatic rings. The minimum absolute atomic E-state index is 0.431. The largest absolute Gasteiger partial charge is 0.439 e. The van der Waals surface area contributed by atoms with Crippen molar-refractivity contribution in [3.05, 3.63) is 41.7 Å². The molecule has 4 nitrogen and oxygen atoms in total. The molecular formula is C13H15N3O. The topological polar surface area (TPSA) is 61.0 Å². The molecule has 0 aliphatic carbocycles. The van der Waals surface area contributed by atoms with Crippen molar-refractivity contribution in [2.24, 2.45) is 0 Å². The maximum absolute atomic E-state index is 5.70. The van der Waals surface area contributed by atoms with Crippen molar-refractivity contribution >= 4 is 5.82 Å². The highest BCUT2D eigenvalue weighted by Crippen LogP contribution is 2.23. The second kappa shape index (κ2) is 4.82. The first-order valence-electron chi connectivity index (χ1n) is 5.56. The quantitative estimate of drug-likeness (QED) is 0.879. The van der Waals surface area contributed by atoms with Crippen LogP contribution in [0.3, 0.4) is 0 Å². The van der Waals surface area contributed by atoms with Gasteiger partial charge in [-0.25, -0.2) is 4.98 Å².